The number of benzene rings is 2. The predicted octanol–water partition coefficient (Wildman–Crippen LogP) is 2.60. The summed E-state index contributed by atoms with van der Waals surface area (Å²) < 4.78 is 28.9. The third-order valence-corrected chi connectivity index (χ3v) is 6.31. The zero-order valence-electron chi connectivity index (χ0n) is 13.6. The second kappa shape index (κ2) is 5.90. The molecule has 2 aromatic carbocycles. The van der Waals surface area contributed by atoms with Crippen LogP contribution in [-0.4, -0.2) is 34.4 Å². The fourth-order valence-electron chi connectivity index (χ4n) is 3.62. The lowest BCUT2D eigenvalue weighted by molar-refractivity contribution is 0.280. The van der Waals surface area contributed by atoms with Gasteiger partial charge in [0, 0.05) is 12.2 Å². The van der Waals surface area contributed by atoms with E-state index in [-0.39, 0.29) is 0 Å². The number of nitrogens with one attached hydrogen (secondary N) is 1. The highest BCUT2D eigenvalue weighted by atomic mass is 32.2. The summed E-state index contributed by atoms with van der Waals surface area (Å²) in [4.78, 5) is 0.343. The molecule has 1 heterocycles. The first kappa shape index (κ1) is 15.7. The number of fused-ring (bicyclic) bond motifs is 1. The molecular formula is C19H21NO3S. The van der Waals surface area contributed by atoms with Crippen molar-refractivity contribution in [3.63, 3.8) is 0 Å². The molecule has 1 saturated heterocycles. The molecule has 1 N–H and O–H groups in total. The highest BCUT2D eigenvalue weighted by Gasteiger charge is 2.52. The normalized spacial score (nSPS) is 25.3. The van der Waals surface area contributed by atoms with Gasteiger partial charge in [0.25, 0.3) is 0 Å². The van der Waals surface area contributed by atoms with Crippen molar-refractivity contribution in [2.75, 3.05) is 26.0 Å². The zero-order valence-corrected chi connectivity index (χ0v) is 14.4. The van der Waals surface area contributed by atoms with Crippen molar-refractivity contribution in [1.82, 2.24) is 5.32 Å². The fraction of sp³-hybridized carbons (Fsp3) is 0.368. The van der Waals surface area contributed by atoms with Gasteiger partial charge in [-0.3, -0.25) is 0 Å². The van der Waals surface area contributed by atoms with Crippen molar-refractivity contribution >= 4 is 9.84 Å². The summed E-state index contributed by atoms with van der Waals surface area (Å²) in [7, 11) is -3.15. The second-order valence-corrected chi connectivity index (χ2v) is 8.80. The molecule has 4 nitrogen and oxygen atoms in total. The van der Waals surface area contributed by atoms with E-state index in [4.69, 9.17) is 4.74 Å². The highest BCUT2D eigenvalue weighted by molar-refractivity contribution is 7.90. The van der Waals surface area contributed by atoms with Gasteiger partial charge in [0.1, 0.15) is 5.75 Å². The van der Waals surface area contributed by atoms with Crippen LogP contribution in [0.25, 0.3) is 11.1 Å². The van der Waals surface area contributed by atoms with Crippen LogP contribution >= 0.6 is 0 Å². The molecule has 2 aromatic rings. The summed E-state index contributed by atoms with van der Waals surface area (Å²) in [5.74, 6) is 3.24. The van der Waals surface area contributed by atoms with E-state index in [9.17, 15) is 8.42 Å². The lowest BCUT2D eigenvalue weighted by Gasteiger charge is -2.09. The Labute approximate surface area is 142 Å². The third kappa shape index (κ3) is 3.06. The number of hydrogen-bond donors (Lipinski definition) is 1. The molecule has 0 amide bonds. The number of sulfone groups is 1. The largest absolute Gasteiger partial charge is 0.493 e. The number of ether oxygens (including phenoxy) is 1. The Balaban J connectivity index is 1.40. The van der Waals surface area contributed by atoms with Crippen molar-refractivity contribution in [3.8, 4) is 16.9 Å². The van der Waals surface area contributed by atoms with Crippen LogP contribution in [-0.2, 0) is 9.84 Å². The minimum atomic E-state index is -3.15. The van der Waals surface area contributed by atoms with E-state index < -0.39 is 9.84 Å². The Morgan fingerprint density at radius 3 is 2.04 bits per heavy atom. The lowest BCUT2D eigenvalue weighted by Crippen LogP contribution is -2.17. The summed E-state index contributed by atoms with van der Waals surface area (Å²) in [6.45, 7) is 3.08. The lowest BCUT2D eigenvalue weighted by atomic mass is 10.1. The maximum Gasteiger partial charge on any atom is 0.175 e. The first-order valence-electron chi connectivity index (χ1n) is 8.26. The fourth-order valence-corrected chi connectivity index (χ4v) is 4.25. The van der Waals surface area contributed by atoms with Gasteiger partial charge in [0.05, 0.1) is 11.5 Å². The molecular weight excluding hydrogens is 322 g/mol. The van der Waals surface area contributed by atoms with Gasteiger partial charge in [-0.05, 0) is 60.3 Å². The summed E-state index contributed by atoms with van der Waals surface area (Å²) in [5.41, 5.74) is 2.05. The van der Waals surface area contributed by atoms with Crippen molar-refractivity contribution in [3.05, 3.63) is 48.5 Å². The molecule has 2 unspecified atom stereocenters. The average molecular weight is 343 g/mol. The van der Waals surface area contributed by atoms with Crippen molar-refractivity contribution in [2.24, 2.45) is 17.8 Å². The van der Waals surface area contributed by atoms with Crippen LogP contribution in [0.1, 0.15) is 0 Å². The van der Waals surface area contributed by atoms with Gasteiger partial charge >= 0.3 is 0 Å². The summed E-state index contributed by atoms with van der Waals surface area (Å²) in [6.07, 6.45) is 1.22. The monoisotopic (exact) mass is 343 g/mol. The van der Waals surface area contributed by atoms with Crippen molar-refractivity contribution in [2.45, 2.75) is 4.90 Å². The molecule has 2 atom stereocenters. The molecule has 0 radical (unpaired) electrons. The van der Waals surface area contributed by atoms with Gasteiger partial charge in [0.2, 0.25) is 0 Å². The SMILES string of the molecule is CS(=O)(=O)c1ccc(-c2ccc(OCC3C4CNCC43)cc2)cc1. The molecule has 5 heteroatoms. The van der Waals surface area contributed by atoms with E-state index in [1.165, 1.54) is 6.26 Å². The molecule has 0 spiro atoms. The highest BCUT2D eigenvalue weighted by Crippen LogP contribution is 2.48. The van der Waals surface area contributed by atoms with Crippen LogP contribution in [0.3, 0.4) is 0 Å². The predicted molar refractivity (Wildman–Crippen MR) is 93.8 cm³/mol. The molecule has 2 fully saturated rings. The van der Waals surface area contributed by atoms with Gasteiger partial charge in [-0.15, -0.1) is 0 Å². The molecule has 0 bridgehead atoms. The molecule has 1 saturated carbocycles. The standard InChI is InChI=1S/C19H21NO3S/c1-24(21,22)16-8-4-14(5-9-16)13-2-6-15(7-3-13)23-12-19-17-10-20-11-18(17)19/h2-9,17-20H,10-12H2,1H3. The number of piperidine rings is 1. The summed E-state index contributed by atoms with van der Waals surface area (Å²) in [6, 6.07) is 15.0. The topological polar surface area (TPSA) is 55.4 Å². The Kier molecular flexibility index (Phi) is 3.85. The minimum absolute atomic E-state index is 0.343. The van der Waals surface area contributed by atoms with Gasteiger partial charge in [0.15, 0.2) is 9.84 Å². The van der Waals surface area contributed by atoms with Crippen LogP contribution in [0.4, 0.5) is 0 Å². The summed E-state index contributed by atoms with van der Waals surface area (Å²) >= 11 is 0. The van der Waals surface area contributed by atoms with Crippen LogP contribution in [0, 0.1) is 17.8 Å². The molecule has 1 aliphatic heterocycles. The van der Waals surface area contributed by atoms with Crippen LogP contribution in [0.5, 0.6) is 5.75 Å². The molecule has 2 aliphatic rings. The van der Waals surface area contributed by atoms with E-state index in [0.717, 1.165) is 54.3 Å². The molecule has 0 aromatic heterocycles. The average Bonchev–Trinajstić information content (AvgIpc) is 3.00. The first-order valence-corrected chi connectivity index (χ1v) is 10.2. The number of hydrogen-bond acceptors (Lipinski definition) is 4. The third-order valence-electron chi connectivity index (χ3n) is 5.18. The Hall–Kier alpha value is -1.85. The van der Waals surface area contributed by atoms with Crippen LogP contribution < -0.4 is 10.1 Å². The van der Waals surface area contributed by atoms with Gasteiger partial charge in [-0.1, -0.05) is 24.3 Å². The van der Waals surface area contributed by atoms with Crippen molar-refractivity contribution < 1.29 is 13.2 Å². The van der Waals surface area contributed by atoms with E-state index >= 15 is 0 Å². The van der Waals surface area contributed by atoms with E-state index in [0.29, 0.717) is 4.90 Å². The quantitative estimate of drug-likeness (QED) is 0.907. The molecule has 1 aliphatic carbocycles. The second-order valence-electron chi connectivity index (χ2n) is 6.78. The summed E-state index contributed by atoms with van der Waals surface area (Å²) in [5, 5.41) is 3.40. The van der Waals surface area contributed by atoms with Gasteiger partial charge < -0.3 is 10.1 Å². The van der Waals surface area contributed by atoms with E-state index in [1.54, 1.807) is 12.1 Å². The maximum atomic E-state index is 11.5. The Morgan fingerprint density at radius 1 is 0.958 bits per heavy atom. The smallest absolute Gasteiger partial charge is 0.175 e. The number of rotatable bonds is 5. The van der Waals surface area contributed by atoms with Crippen LogP contribution in [0.15, 0.2) is 53.4 Å². The van der Waals surface area contributed by atoms with Gasteiger partial charge in [-0.25, -0.2) is 8.42 Å². The molecule has 24 heavy (non-hydrogen) atoms. The molecule has 126 valence electrons. The Bertz CT molecular complexity index is 818. The Morgan fingerprint density at radius 2 is 1.50 bits per heavy atom. The molecule has 4 rings (SSSR count). The first-order chi connectivity index (χ1) is 11.5. The van der Waals surface area contributed by atoms with Crippen molar-refractivity contribution in [1.29, 1.82) is 0 Å². The van der Waals surface area contributed by atoms with E-state index in [2.05, 4.69) is 5.32 Å². The van der Waals surface area contributed by atoms with Gasteiger partial charge in [-0.2, -0.15) is 0 Å². The maximum absolute atomic E-state index is 11.5. The minimum Gasteiger partial charge on any atom is -0.493 e. The van der Waals surface area contributed by atoms with Crippen LogP contribution in [0.2, 0.25) is 0 Å². The van der Waals surface area contributed by atoms with E-state index in [1.807, 2.05) is 36.4 Å². The zero-order chi connectivity index (χ0) is 16.7.